The number of hydrogen-bond acceptors (Lipinski definition) is 4. The molecule has 0 saturated carbocycles. The first-order valence-electron chi connectivity index (χ1n) is 3.10. The lowest BCUT2D eigenvalue weighted by Crippen LogP contribution is -2.13. The topological polar surface area (TPSA) is 115 Å². The van der Waals surface area contributed by atoms with Crippen LogP contribution in [0.15, 0.2) is 0 Å². The van der Waals surface area contributed by atoms with Gasteiger partial charge in [-0.15, -0.1) is 0 Å². The van der Waals surface area contributed by atoms with Gasteiger partial charge in [0.15, 0.2) is 0 Å². The largest absolute Gasteiger partial charge is 0.479 e. The third kappa shape index (κ3) is 18.5. The first-order valence-corrected chi connectivity index (χ1v) is 3.10. The van der Waals surface area contributed by atoms with E-state index in [9.17, 15) is 9.59 Å². The molecule has 76 valence electrons. The molecule has 0 fully saturated rings. The summed E-state index contributed by atoms with van der Waals surface area (Å²) in [5.41, 5.74) is 0. The molecule has 0 aromatic heterocycles. The molecule has 0 saturated heterocycles. The van der Waals surface area contributed by atoms with Crippen molar-refractivity contribution in [1.82, 2.24) is 0 Å². The summed E-state index contributed by atoms with van der Waals surface area (Å²) in [6.07, 6.45) is -2.46. The van der Waals surface area contributed by atoms with Gasteiger partial charge in [-0.1, -0.05) is 0 Å². The molecule has 0 aliphatic heterocycles. The molecule has 0 amide bonds. The molecule has 7 heteroatoms. The number of carboxylic acids is 2. The molecule has 0 aliphatic carbocycles. The van der Waals surface area contributed by atoms with E-state index in [0.29, 0.717) is 0 Å². The molecule has 4 N–H and O–H groups in total. The van der Waals surface area contributed by atoms with E-state index >= 15 is 0 Å². The van der Waals surface area contributed by atoms with E-state index in [-0.39, 0.29) is 23.1 Å². The normalized spacial score (nSPS) is 12.6. The van der Waals surface area contributed by atoms with Crippen molar-refractivity contribution in [1.29, 1.82) is 0 Å². The predicted molar refractivity (Wildman–Crippen MR) is 47.2 cm³/mol. The quantitative estimate of drug-likeness (QED) is 0.388. The van der Waals surface area contributed by atoms with Crippen molar-refractivity contribution >= 4 is 35.0 Å². The van der Waals surface area contributed by atoms with E-state index < -0.39 is 24.1 Å². The Balaban J connectivity index is -0.000000143. The molecule has 0 aromatic rings. The molecule has 0 heterocycles. The smallest absolute Gasteiger partial charge is 0.332 e. The summed E-state index contributed by atoms with van der Waals surface area (Å²) in [6, 6.07) is 0. The lowest BCUT2D eigenvalue weighted by atomic mass is 10.4. The Morgan fingerprint density at radius 3 is 1.00 bits per heavy atom. The zero-order valence-corrected chi connectivity index (χ0v) is 6.76. The molecule has 0 rings (SSSR count). The highest BCUT2D eigenvalue weighted by Crippen LogP contribution is 1.73. The van der Waals surface area contributed by atoms with E-state index in [1.165, 1.54) is 13.8 Å². The fourth-order valence-electron chi connectivity index (χ4n) is 0. The zero-order chi connectivity index (χ0) is 10.3. The van der Waals surface area contributed by atoms with Crippen molar-refractivity contribution in [2.45, 2.75) is 26.1 Å². The van der Waals surface area contributed by atoms with E-state index in [4.69, 9.17) is 20.4 Å². The van der Waals surface area contributed by atoms with Gasteiger partial charge in [-0.2, -0.15) is 0 Å². The minimum Gasteiger partial charge on any atom is -0.479 e. The maximum Gasteiger partial charge on any atom is 0.332 e. The Morgan fingerprint density at radius 1 is 0.923 bits per heavy atom. The highest BCUT2D eigenvalue weighted by Gasteiger charge is 2.01. The maximum absolute atomic E-state index is 9.45. The number of aliphatic hydroxyl groups excluding tert-OH is 2. The number of carbonyl (C=O) groups is 2. The van der Waals surface area contributed by atoms with Gasteiger partial charge in [0.05, 0.1) is 0 Å². The maximum atomic E-state index is 9.45. The Bertz CT molecular complexity index is 137. The van der Waals surface area contributed by atoms with Gasteiger partial charge in [-0.3, -0.25) is 0 Å². The summed E-state index contributed by atoms with van der Waals surface area (Å²) in [5, 5.41) is 31.5. The van der Waals surface area contributed by atoms with Gasteiger partial charge in [-0.05, 0) is 13.8 Å². The summed E-state index contributed by atoms with van der Waals surface area (Å²) < 4.78 is 0. The first kappa shape index (κ1) is 18.4. The molecule has 0 radical (unpaired) electrons. The zero-order valence-electron chi connectivity index (χ0n) is 6.76. The summed E-state index contributed by atoms with van der Waals surface area (Å²) in [4.78, 5) is 18.9. The van der Waals surface area contributed by atoms with E-state index in [2.05, 4.69) is 0 Å². The van der Waals surface area contributed by atoms with E-state index in [0.717, 1.165) is 0 Å². The Labute approximate surface area is 91.3 Å². The van der Waals surface area contributed by atoms with Crippen molar-refractivity contribution in [2.75, 3.05) is 0 Å². The predicted octanol–water partition coefficient (Wildman–Crippen LogP) is -2.01. The Kier molecular flexibility index (Phi) is 13.8. The van der Waals surface area contributed by atoms with Crippen LogP contribution in [0.5, 0.6) is 0 Å². The molecule has 2 unspecified atom stereocenters. The van der Waals surface area contributed by atoms with Crippen LogP contribution in [0.25, 0.3) is 0 Å². The lowest BCUT2D eigenvalue weighted by Gasteiger charge is -1.89. The SMILES string of the molecule is CC(O)C(=O)O.CC(O)C(=O)O.[MgH2]. The second kappa shape index (κ2) is 9.71. The minimum atomic E-state index is -1.23. The van der Waals surface area contributed by atoms with Crippen LogP contribution in [0.3, 0.4) is 0 Å². The molecule has 0 spiro atoms. The number of aliphatic hydroxyl groups is 2. The van der Waals surface area contributed by atoms with E-state index in [1.807, 2.05) is 0 Å². The molecule has 2 atom stereocenters. The fraction of sp³-hybridized carbons (Fsp3) is 0.667. The average molecular weight is 206 g/mol. The monoisotopic (exact) mass is 206 g/mol. The number of rotatable bonds is 2. The number of aliphatic carboxylic acids is 2. The molecule has 0 aromatic carbocycles. The van der Waals surface area contributed by atoms with Gasteiger partial charge in [0.2, 0.25) is 0 Å². The highest BCUT2D eigenvalue weighted by atomic mass is 24.3. The van der Waals surface area contributed by atoms with Crippen molar-refractivity contribution in [3.05, 3.63) is 0 Å². The third-order valence-electron chi connectivity index (χ3n) is 0.715. The molecular weight excluding hydrogens is 192 g/mol. The molecular formula is C6H14MgO6. The summed E-state index contributed by atoms with van der Waals surface area (Å²) in [7, 11) is 0. The van der Waals surface area contributed by atoms with Crippen LogP contribution in [0.2, 0.25) is 0 Å². The average Bonchev–Trinajstić information content (AvgIpc) is 1.88. The van der Waals surface area contributed by atoms with Gasteiger partial charge in [0.25, 0.3) is 0 Å². The second-order valence-corrected chi connectivity index (χ2v) is 2.03. The standard InChI is InChI=1S/2C3H6O3.Mg.2H/c2*1-2(4)3(5)6;;;/h2*2,4H,1H3,(H,5,6);;;. The van der Waals surface area contributed by atoms with Gasteiger partial charge < -0.3 is 20.4 Å². The summed E-state index contributed by atoms with van der Waals surface area (Å²) >= 11 is 0. The summed E-state index contributed by atoms with van der Waals surface area (Å²) in [6.45, 7) is 2.39. The number of hydrogen-bond donors (Lipinski definition) is 4. The van der Waals surface area contributed by atoms with Crippen molar-refractivity contribution < 1.29 is 30.0 Å². The van der Waals surface area contributed by atoms with Crippen LogP contribution in [0.4, 0.5) is 0 Å². The van der Waals surface area contributed by atoms with Crippen LogP contribution in [-0.4, -0.2) is 67.6 Å². The van der Waals surface area contributed by atoms with Crippen LogP contribution < -0.4 is 0 Å². The van der Waals surface area contributed by atoms with Crippen LogP contribution in [-0.2, 0) is 9.59 Å². The first-order chi connectivity index (χ1) is 5.29. The molecule has 6 nitrogen and oxygen atoms in total. The van der Waals surface area contributed by atoms with Gasteiger partial charge >= 0.3 is 35.0 Å². The Morgan fingerprint density at radius 2 is 1.00 bits per heavy atom. The second-order valence-electron chi connectivity index (χ2n) is 2.03. The number of carboxylic acid groups (broad SMARTS) is 2. The van der Waals surface area contributed by atoms with Crippen LogP contribution in [0, 0.1) is 0 Å². The van der Waals surface area contributed by atoms with Crippen LogP contribution in [0.1, 0.15) is 13.8 Å². The van der Waals surface area contributed by atoms with Crippen LogP contribution >= 0.6 is 0 Å². The van der Waals surface area contributed by atoms with Crippen molar-refractivity contribution in [3.8, 4) is 0 Å². The molecule has 0 aliphatic rings. The van der Waals surface area contributed by atoms with Gasteiger partial charge in [-0.25, -0.2) is 9.59 Å². The minimum absolute atomic E-state index is 0. The summed E-state index contributed by atoms with van der Waals surface area (Å²) in [5.74, 6) is -2.37. The third-order valence-corrected chi connectivity index (χ3v) is 0.715. The molecule has 0 bridgehead atoms. The van der Waals surface area contributed by atoms with E-state index in [1.54, 1.807) is 0 Å². The van der Waals surface area contributed by atoms with Crippen molar-refractivity contribution in [2.24, 2.45) is 0 Å². The Hall–Kier alpha value is -0.374. The lowest BCUT2D eigenvalue weighted by molar-refractivity contribution is -0.146. The molecule has 13 heavy (non-hydrogen) atoms. The highest BCUT2D eigenvalue weighted by molar-refractivity contribution is 5.75. The van der Waals surface area contributed by atoms with Gasteiger partial charge in [0.1, 0.15) is 12.2 Å². The van der Waals surface area contributed by atoms with Gasteiger partial charge in [0, 0.05) is 0 Å². The van der Waals surface area contributed by atoms with Crippen molar-refractivity contribution in [3.63, 3.8) is 0 Å². The fourth-order valence-corrected chi connectivity index (χ4v) is 0.